The third-order valence-electron chi connectivity index (χ3n) is 5.64. The van der Waals surface area contributed by atoms with Gasteiger partial charge in [-0.2, -0.15) is 13.2 Å². The highest BCUT2D eigenvalue weighted by Gasteiger charge is 2.30. The quantitative estimate of drug-likeness (QED) is 0.325. The zero-order valence-electron chi connectivity index (χ0n) is 18.8. The van der Waals surface area contributed by atoms with Crippen LogP contribution in [-0.2, 0) is 24.4 Å². The van der Waals surface area contributed by atoms with Crippen molar-refractivity contribution >= 4 is 28.2 Å². The number of aromatic nitrogens is 2. The predicted octanol–water partition coefficient (Wildman–Crippen LogP) is 6.44. The Hall–Kier alpha value is -3.33. The lowest BCUT2D eigenvalue weighted by molar-refractivity contribution is -0.138. The van der Waals surface area contributed by atoms with Crippen LogP contribution in [0.4, 0.5) is 13.2 Å². The van der Waals surface area contributed by atoms with E-state index in [9.17, 15) is 23.1 Å². The zero-order valence-corrected chi connectivity index (χ0v) is 19.6. The van der Waals surface area contributed by atoms with Gasteiger partial charge in [0.05, 0.1) is 24.3 Å². The number of ether oxygens (including phenoxy) is 1. The molecular weight excluding hydrogens is 465 g/mol. The molecular formula is C25H23F3N2O3S. The van der Waals surface area contributed by atoms with Crippen molar-refractivity contribution in [3.63, 3.8) is 0 Å². The molecule has 2 aromatic carbocycles. The fourth-order valence-corrected chi connectivity index (χ4v) is 4.98. The largest absolute Gasteiger partial charge is 0.493 e. The Morgan fingerprint density at radius 3 is 2.56 bits per heavy atom. The monoisotopic (exact) mass is 488 g/mol. The maximum Gasteiger partial charge on any atom is 0.416 e. The summed E-state index contributed by atoms with van der Waals surface area (Å²) in [5.41, 5.74) is 2.44. The predicted molar refractivity (Wildman–Crippen MR) is 125 cm³/mol. The maximum atomic E-state index is 12.8. The maximum absolute atomic E-state index is 12.8. The van der Waals surface area contributed by atoms with E-state index in [1.807, 2.05) is 49.9 Å². The summed E-state index contributed by atoms with van der Waals surface area (Å²) in [6.07, 6.45) is -2.62. The van der Waals surface area contributed by atoms with Crippen LogP contribution in [0.2, 0.25) is 0 Å². The van der Waals surface area contributed by atoms with E-state index in [1.54, 1.807) is 0 Å². The molecule has 0 saturated heterocycles. The number of benzene rings is 2. The molecule has 1 atom stereocenters. The Bertz CT molecular complexity index is 1340. The molecule has 1 N–H and O–H groups in total. The van der Waals surface area contributed by atoms with E-state index in [2.05, 4.69) is 4.98 Å². The van der Waals surface area contributed by atoms with Crippen molar-refractivity contribution < 1.29 is 27.8 Å². The molecule has 34 heavy (non-hydrogen) atoms. The highest BCUT2D eigenvalue weighted by Crippen LogP contribution is 2.35. The molecule has 178 valence electrons. The van der Waals surface area contributed by atoms with Crippen LogP contribution in [-0.4, -0.2) is 27.2 Å². The first-order valence-electron chi connectivity index (χ1n) is 10.6. The van der Waals surface area contributed by atoms with Crippen LogP contribution in [0.1, 0.15) is 34.5 Å². The Balaban J connectivity index is 1.49. The minimum Gasteiger partial charge on any atom is -0.493 e. The van der Waals surface area contributed by atoms with Gasteiger partial charge in [0.2, 0.25) is 0 Å². The van der Waals surface area contributed by atoms with Gasteiger partial charge in [-0.05, 0) is 42.8 Å². The summed E-state index contributed by atoms with van der Waals surface area (Å²) in [5.74, 6) is -0.312. The molecule has 0 aliphatic carbocycles. The second kappa shape index (κ2) is 9.13. The van der Waals surface area contributed by atoms with Gasteiger partial charge in [0.1, 0.15) is 10.8 Å². The number of rotatable bonds is 7. The Kier molecular flexibility index (Phi) is 6.40. The van der Waals surface area contributed by atoms with Gasteiger partial charge < -0.3 is 14.4 Å². The van der Waals surface area contributed by atoms with Gasteiger partial charge in [-0.1, -0.05) is 19.1 Å². The molecule has 5 nitrogen and oxygen atoms in total. The summed E-state index contributed by atoms with van der Waals surface area (Å²) in [6.45, 7) is 4.27. The van der Waals surface area contributed by atoms with Crippen molar-refractivity contribution in [2.24, 2.45) is 7.05 Å². The minimum absolute atomic E-state index is 0.0515. The summed E-state index contributed by atoms with van der Waals surface area (Å²) >= 11 is 1.44. The highest BCUT2D eigenvalue weighted by molar-refractivity contribution is 7.15. The number of hydrogen-bond donors (Lipinski definition) is 1. The summed E-state index contributed by atoms with van der Waals surface area (Å²) in [4.78, 5) is 16.8. The number of thiazole rings is 1. The first-order valence-corrected chi connectivity index (χ1v) is 11.4. The number of fused-ring (bicyclic) bond motifs is 1. The van der Waals surface area contributed by atoms with Gasteiger partial charge in [0.15, 0.2) is 0 Å². The number of nitrogens with zero attached hydrogens (tertiary/aromatic N) is 2. The van der Waals surface area contributed by atoms with E-state index < -0.39 is 17.7 Å². The molecule has 0 saturated carbocycles. The van der Waals surface area contributed by atoms with Gasteiger partial charge in [-0.25, -0.2) is 4.98 Å². The van der Waals surface area contributed by atoms with Crippen LogP contribution in [0.5, 0.6) is 5.75 Å². The number of aryl methyl sites for hydroxylation is 2. The smallest absolute Gasteiger partial charge is 0.416 e. The number of carboxylic acid groups (broad SMARTS) is 1. The fourth-order valence-electron chi connectivity index (χ4n) is 3.94. The van der Waals surface area contributed by atoms with Crippen LogP contribution in [0.25, 0.3) is 21.5 Å². The van der Waals surface area contributed by atoms with Gasteiger partial charge in [-0.15, -0.1) is 11.3 Å². The third kappa shape index (κ3) is 4.94. The molecule has 0 spiro atoms. The molecule has 0 aliphatic rings. The molecule has 9 heteroatoms. The molecule has 0 bridgehead atoms. The summed E-state index contributed by atoms with van der Waals surface area (Å²) < 4.78 is 46.4. The Labute approximate surface area is 198 Å². The van der Waals surface area contributed by atoms with Crippen molar-refractivity contribution in [2.75, 3.05) is 6.61 Å². The van der Waals surface area contributed by atoms with E-state index in [0.29, 0.717) is 22.9 Å². The molecule has 0 fully saturated rings. The Morgan fingerprint density at radius 1 is 1.21 bits per heavy atom. The molecule has 4 aromatic rings. The number of carboxylic acids is 1. The fraction of sp³-hybridized carbons (Fsp3) is 0.280. The van der Waals surface area contributed by atoms with Crippen LogP contribution >= 0.6 is 11.3 Å². The highest BCUT2D eigenvalue weighted by atomic mass is 32.1. The summed E-state index contributed by atoms with van der Waals surface area (Å²) in [7, 11) is 1.87. The Morgan fingerprint density at radius 2 is 1.91 bits per heavy atom. The van der Waals surface area contributed by atoms with Crippen molar-refractivity contribution in [1.29, 1.82) is 0 Å². The van der Waals surface area contributed by atoms with Crippen LogP contribution in [0.3, 0.4) is 0 Å². The molecule has 4 rings (SSSR count). The first kappa shape index (κ1) is 23.8. The molecule has 0 amide bonds. The number of alkyl halides is 3. The van der Waals surface area contributed by atoms with Crippen molar-refractivity contribution in [3.8, 4) is 16.3 Å². The van der Waals surface area contributed by atoms with Crippen molar-refractivity contribution in [1.82, 2.24) is 9.55 Å². The van der Waals surface area contributed by atoms with E-state index in [0.717, 1.165) is 39.2 Å². The van der Waals surface area contributed by atoms with Crippen LogP contribution < -0.4 is 4.74 Å². The number of aliphatic carboxylic acids is 1. The number of carbonyl (C=O) groups is 1. The normalized spacial score (nSPS) is 12.8. The molecule has 0 aliphatic heterocycles. The molecule has 2 aromatic heterocycles. The standard InChI is InChI=1S/C25H23F3N2O3S/c1-14(13-33-19-8-9-21-20(11-19)17(10-22(31)32)12-30(21)3)23-15(2)34-24(29-23)16-4-6-18(7-5-16)25(26,27)28/h4-9,11-12,14H,10,13H2,1-3H3,(H,31,32)/t14-/m0/s1. The molecule has 0 unspecified atom stereocenters. The lowest BCUT2D eigenvalue weighted by atomic mass is 10.1. The van der Waals surface area contributed by atoms with E-state index in [4.69, 9.17) is 4.74 Å². The molecule has 2 heterocycles. The lowest BCUT2D eigenvalue weighted by Crippen LogP contribution is -2.08. The van der Waals surface area contributed by atoms with Gasteiger partial charge in [0, 0.05) is 40.5 Å². The van der Waals surface area contributed by atoms with Crippen molar-refractivity contribution in [2.45, 2.75) is 32.4 Å². The number of halogens is 3. The summed E-state index contributed by atoms with van der Waals surface area (Å²) in [5, 5.41) is 10.7. The average molecular weight is 489 g/mol. The van der Waals surface area contributed by atoms with Gasteiger partial charge in [-0.3, -0.25) is 4.79 Å². The second-order valence-electron chi connectivity index (χ2n) is 8.26. The van der Waals surface area contributed by atoms with Gasteiger partial charge in [0.25, 0.3) is 0 Å². The van der Waals surface area contributed by atoms with Crippen LogP contribution in [0.15, 0.2) is 48.7 Å². The minimum atomic E-state index is -4.37. The van der Waals surface area contributed by atoms with Crippen LogP contribution in [0, 0.1) is 6.92 Å². The topological polar surface area (TPSA) is 64.3 Å². The average Bonchev–Trinajstić information content (AvgIpc) is 3.31. The third-order valence-corrected chi connectivity index (χ3v) is 6.68. The lowest BCUT2D eigenvalue weighted by Gasteiger charge is -2.13. The number of hydrogen-bond acceptors (Lipinski definition) is 4. The first-order chi connectivity index (χ1) is 16.0. The summed E-state index contributed by atoms with van der Waals surface area (Å²) in [6, 6.07) is 10.6. The van der Waals surface area contributed by atoms with Crippen molar-refractivity contribution in [3.05, 3.63) is 70.4 Å². The molecule has 0 radical (unpaired) electrons. The second-order valence-corrected chi connectivity index (χ2v) is 9.47. The van der Waals surface area contributed by atoms with E-state index >= 15 is 0 Å². The SMILES string of the molecule is Cc1sc(-c2ccc(C(F)(F)F)cc2)nc1[C@@H](C)COc1ccc2c(c1)c(CC(=O)O)cn2C. The van der Waals surface area contributed by atoms with E-state index in [-0.39, 0.29) is 12.3 Å². The zero-order chi connectivity index (χ0) is 24.6. The van der Waals surface area contributed by atoms with E-state index in [1.165, 1.54) is 23.5 Å². The van der Waals surface area contributed by atoms with Gasteiger partial charge >= 0.3 is 12.1 Å².